The van der Waals surface area contributed by atoms with E-state index >= 15 is 0 Å². The van der Waals surface area contributed by atoms with Crippen LogP contribution in [-0.2, 0) is 16.1 Å². The van der Waals surface area contributed by atoms with Crippen molar-refractivity contribution in [1.29, 1.82) is 0 Å². The average Bonchev–Trinajstić information content (AvgIpc) is 3.13. The molecule has 136 valence electrons. The van der Waals surface area contributed by atoms with Crippen molar-refractivity contribution >= 4 is 40.8 Å². The van der Waals surface area contributed by atoms with Gasteiger partial charge in [0.25, 0.3) is 0 Å². The molecule has 0 N–H and O–H groups in total. The normalized spacial score (nSPS) is 20.3. The fraction of sp³-hybridized carbons (Fsp3) is 0.286. The number of rotatable bonds is 5. The van der Waals surface area contributed by atoms with Gasteiger partial charge in [0.2, 0.25) is 0 Å². The molecular formula is C21H19Cl3O2. The van der Waals surface area contributed by atoms with Crippen molar-refractivity contribution in [1.82, 2.24) is 0 Å². The van der Waals surface area contributed by atoms with E-state index in [1.54, 1.807) is 6.08 Å². The Kier molecular flexibility index (Phi) is 5.67. The van der Waals surface area contributed by atoms with Crippen LogP contribution in [0.1, 0.15) is 19.4 Å². The minimum absolute atomic E-state index is 0.00876. The molecule has 26 heavy (non-hydrogen) atoms. The van der Waals surface area contributed by atoms with Crippen LogP contribution in [0.25, 0.3) is 11.1 Å². The maximum atomic E-state index is 12.4. The van der Waals surface area contributed by atoms with Gasteiger partial charge in [0.05, 0.1) is 5.92 Å². The molecule has 1 saturated carbocycles. The molecule has 2 atom stereocenters. The first kappa shape index (κ1) is 19.3. The Morgan fingerprint density at radius 2 is 1.88 bits per heavy atom. The Labute approximate surface area is 168 Å². The zero-order chi connectivity index (χ0) is 18.9. The second-order valence-corrected chi connectivity index (χ2v) is 8.48. The van der Waals surface area contributed by atoms with Gasteiger partial charge >= 0.3 is 5.97 Å². The highest BCUT2D eigenvalue weighted by Crippen LogP contribution is 2.60. The standard InChI is InChI=1S/C21H19Cl3O2/c1-21(2)16(11-18(23)24)19(21)20(25)26-12-13-6-5-7-14(10-13)15-8-3-4-9-17(15)22/h3-11,16,19H,12H2,1-2H3/t16-,19+/m0/s1. The van der Waals surface area contributed by atoms with Crippen molar-refractivity contribution in [3.05, 3.63) is 69.7 Å². The molecule has 1 aliphatic carbocycles. The van der Waals surface area contributed by atoms with Gasteiger partial charge in [-0.15, -0.1) is 0 Å². The molecule has 2 aromatic rings. The lowest BCUT2D eigenvalue weighted by Crippen LogP contribution is -2.10. The molecule has 2 nitrogen and oxygen atoms in total. The van der Waals surface area contributed by atoms with Gasteiger partial charge in [0.1, 0.15) is 11.1 Å². The average molecular weight is 410 g/mol. The number of benzene rings is 2. The van der Waals surface area contributed by atoms with Gasteiger partial charge in [0, 0.05) is 10.6 Å². The van der Waals surface area contributed by atoms with Gasteiger partial charge in [-0.2, -0.15) is 0 Å². The minimum atomic E-state index is -0.228. The molecule has 1 fully saturated rings. The Bertz CT molecular complexity index is 854. The van der Waals surface area contributed by atoms with Crippen LogP contribution in [0.4, 0.5) is 0 Å². The lowest BCUT2D eigenvalue weighted by molar-refractivity contribution is -0.147. The van der Waals surface area contributed by atoms with Gasteiger partial charge in [0.15, 0.2) is 0 Å². The summed E-state index contributed by atoms with van der Waals surface area (Å²) in [6, 6.07) is 15.5. The zero-order valence-corrected chi connectivity index (χ0v) is 16.8. The summed E-state index contributed by atoms with van der Waals surface area (Å²) in [7, 11) is 0. The van der Waals surface area contributed by atoms with E-state index in [2.05, 4.69) is 0 Å². The third-order valence-electron chi connectivity index (χ3n) is 4.96. The van der Waals surface area contributed by atoms with E-state index in [9.17, 15) is 4.79 Å². The van der Waals surface area contributed by atoms with Crippen LogP contribution in [0.3, 0.4) is 0 Å². The van der Waals surface area contributed by atoms with Gasteiger partial charge in [-0.25, -0.2) is 0 Å². The fourth-order valence-electron chi connectivity index (χ4n) is 3.34. The topological polar surface area (TPSA) is 26.3 Å². The van der Waals surface area contributed by atoms with E-state index in [1.165, 1.54) is 0 Å². The van der Waals surface area contributed by atoms with E-state index < -0.39 is 0 Å². The number of ether oxygens (including phenoxy) is 1. The predicted octanol–water partition coefficient (Wildman–Crippen LogP) is 6.64. The van der Waals surface area contributed by atoms with Crippen LogP contribution < -0.4 is 0 Å². The third-order valence-corrected chi connectivity index (χ3v) is 5.54. The number of halogens is 3. The van der Waals surface area contributed by atoms with E-state index in [0.717, 1.165) is 16.7 Å². The first-order valence-electron chi connectivity index (χ1n) is 8.34. The van der Waals surface area contributed by atoms with E-state index in [1.807, 2.05) is 62.4 Å². The van der Waals surface area contributed by atoms with Crippen LogP contribution in [-0.4, -0.2) is 5.97 Å². The summed E-state index contributed by atoms with van der Waals surface area (Å²) in [5, 5.41) is 0.689. The van der Waals surface area contributed by atoms with E-state index in [0.29, 0.717) is 5.02 Å². The lowest BCUT2D eigenvalue weighted by atomic mass is 10.0. The van der Waals surface area contributed by atoms with Crippen LogP contribution in [0, 0.1) is 17.3 Å². The van der Waals surface area contributed by atoms with Crippen molar-refractivity contribution in [2.45, 2.75) is 20.5 Å². The van der Waals surface area contributed by atoms with Crippen LogP contribution in [0.2, 0.25) is 5.02 Å². The molecule has 0 amide bonds. The number of carbonyl (C=O) groups is 1. The maximum absolute atomic E-state index is 12.4. The number of allylic oxidation sites excluding steroid dienone is 1. The smallest absolute Gasteiger partial charge is 0.310 e. The van der Waals surface area contributed by atoms with Gasteiger partial charge in [-0.1, -0.05) is 85.0 Å². The van der Waals surface area contributed by atoms with Crippen LogP contribution in [0.15, 0.2) is 59.1 Å². The summed E-state index contributed by atoms with van der Waals surface area (Å²) in [5.74, 6) is -0.440. The number of esters is 1. The molecule has 1 aliphatic rings. The molecule has 0 radical (unpaired) electrons. The Hall–Kier alpha value is -1.48. The molecule has 0 aliphatic heterocycles. The van der Waals surface area contributed by atoms with Crippen molar-refractivity contribution in [2.24, 2.45) is 17.3 Å². The second kappa shape index (κ2) is 7.64. The highest BCUT2D eigenvalue weighted by atomic mass is 35.5. The quantitative estimate of drug-likeness (QED) is 0.517. The number of hydrogen-bond donors (Lipinski definition) is 0. The third kappa shape index (κ3) is 4.09. The van der Waals surface area contributed by atoms with Crippen molar-refractivity contribution < 1.29 is 9.53 Å². The highest BCUT2D eigenvalue weighted by molar-refractivity contribution is 6.55. The molecule has 0 heterocycles. The number of carbonyl (C=O) groups excluding carboxylic acids is 1. The molecule has 0 unspecified atom stereocenters. The first-order valence-corrected chi connectivity index (χ1v) is 9.47. The molecule has 0 bridgehead atoms. The van der Waals surface area contributed by atoms with Crippen molar-refractivity contribution in [2.75, 3.05) is 0 Å². The summed E-state index contributed by atoms with van der Waals surface area (Å²) < 4.78 is 5.72. The Balaban J connectivity index is 1.68. The summed E-state index contributed by atoms with van der Waals surface area (Å²) in [4.78, 5) is 12.4. The number of hydrogen-bond acceptors (Lipinski definition) is 2. The summed E-state index contributed by atoms with van der Waals surface area (Å²) in [6.07, 6.45) is 1.72. The highest BCUT2D eigenvalue weighted by Gasteiger charge is 2.61. The van der Waals surface area contributed by atoms with Gasteiger partial charge < -0.3 is 4.74 Å². The van der Waals surface area contributed by atoms with E-state index in [4.69, 9.17) is 39.5 Å². The molecule has 0 aromatic heterocycles. The maximum Gasteiger partial charge on any atom is 0.310 e. The first-order chi connectivity index (χ1) is 12.3. The summed E-state index contributed by atoms with van der Waals surface area (Å²) in [6.45, 7) is 4.23. The lowest BCUT2D eigenvalue weighted by Gasteiger charge is -2.09. The molecule has 0 saturated heterocycles. The monoisotopic (exact) mass is 408 g/mol. The largest absolute Gasteiger partial charge is 0.461 e. The summed E-state index contributed by atoms with van der Waals surface area (Å²) in [5.41, 5.74) is 2.67. The fourth-order valence-corrected chi connectivity index (χ4v) is 3.86. The van der Waals surface area contributed by atoms with Crippen LogP contribution >= 0.6 is 34.8 Å². The van der Waals surface area contributed by atoms with Gasteiger partial charge in [-0.05, 0) is 40.7 Å². The predicted molar refractivity (Wildman–Crippen MR) is 107 cm³/mol. The molecule has 2 aromatic carbocycles. The Morgan fingerprint density at radius 1 is 1.15 bits per heavy atom. The van der Waals surface area contributed by atoms with Crippen molar-refractivity contribution in [3.8, 4) is 11.1 Å². The summed E-state index contributed by atoms with van der Waals surface area (Å²) >= 11 is 17.7. The van der Waals surface area contributed by atoms with Crippen LogP contribution in [0.5, 0.6) is 0 Å². The van der Waals surface area contributed by atoms with Gasteiger partial charge in [-0.3, -0.25) is 4.79 Å². The molecule has 5 heteroatoms. The molecule has 0 spiro atoms. The van der Waals surface area contributed by atoms with Crippen molar-refractivity contribution in [3.63, 3.8) is 0 Å². The molecular weight excluding hydrogens is 391 g/mol. The zero-order valence-electron chi connectivity index (χ0n) is 14.5. The SMILES string of the molecule is CC1(C)[C@@H](C=C(Cl)Cl)[C@@H]1C(=O)OCc1cccc(-c2ccccc2Cl)c1. The molecule has 3 rings (SSSR count). The second-order valence-electron chi connectivity index (χ2n) is 7.07. The minimum Gasteiger partial charge on any atom is -0.461 e. The van der Waals surface area contributed by atoms with E-state index in [-0.39, 0.29) is 34.3 Å². The Morgan fingerprint density at radius 3 is 2.58 bits per heavy atom.